The summed E-state index contributed by atoms with van der Waals surface area (Å²) < 4.78 is 5.52. The summed E-state index contributed by atoms with van der Waals surface area (Å²) in [5, 5.41) is 3.48. The minimum atomic E-state index is 0.365. The summed E-state index contributed by atoms with van der Waals surface area (Å²) in [4.78, 5) is 0. The Kier molecular flexibility index (Phi) is 8.46. The van der Waals surface area contributed by atoms with E-state index in [4.69, 9.17) is 4.74 Å². The highest BCUT2D eigenvalue weighted by Crippen LogP contribution is 2.02. The predicted molar refractivity (Wildman–Crippen MR) is 58.1 cm³/mol. The molecule has 0 saturated carbocycles. The quantitative estimate of drug-likeness (QED) is 0.630. The van der Waals surface area contributed by atoms with E-state index < -0.39 is 0 Å². The van der Waals surface area contributed by atoms with Gasteiger partial charge in [0.15, 0.2) is 0 Å². The average Bonchev–Trinajstić information content (AvgIpc) is 2.04. The van der Waals surface area contributed by atoms with Crippen LogP contribution in [0.4, 0.5) is 0 Å². The van der Waals surface area contributed by atoms with Crippen LogP contribution in [-0.2, 0) is 4.74 Å². The molecule has 0 aliphatic rings. The van der Waals surface area contributed by atoms with Crippen molar-refractivity contribution in [1.29, 1.82) is 0 Å². The van der Waals surface area contributed by atoms with Crippen molar-refractivity contribution in [3.8, 4) is 0 Å². The van der Waals surface area contributed by atoms with Crippen LogP contribution >= 0.6 is 0 Å². The first-order valence-electron chi connectivity index (χ1n) is 5.55. The van der Waals surface area contributed by atoms with Crippen LogP contribution < -0.4 is 5.32 Å². The Balaban J connectivity index is 3.44. The molecule has 1 atom stereocenters. The van der Waals surface area contributed by atoms with E-state index >= 15 is 0 Å². The molecule has 0 aliphatic heterocycles. The summed E-state index contributed by atoms with van der Waals surface area (Å²) in [5.74, 6) is 0. The molecule has 2 heteroatoms. The third kappa shape index (κ3) is 8.26. The standard InChI is InChI=1S/C11H25NO/c1-5-7-11(12-6-2)8-9-13-10(3)4/h10-12H,5-9H2,1-4H3. The van der Waals surface area contributed by atoms with Crippen molar-refractivity contribution < 1.29 is 4.74 Å². The number of hydrogen-bond acceptors (Lipinski definition) is 2. The van der Waals surface area contributed by atoms with Crippen molar-refractivity contribution in [3.63, 3.8) is 0 Å². The van der Waals surface area contributed by atoms with E-state index in [0.717, 1.165) is 19.6 Å². The first-order valence-corrected chi connectivity index (χ1v) is 5.55. The zero-order valence-corrected chi connectivity index (χ0v) is 9.60. The second-order valence-corrected chi connectivity index (χ2v) is 3.75. The highest BCUT2D eigenvalue weighted by molar-refractivity contribution is 4.64. The maximum Gasteiger partial charge on any atom is 0.0518 e. The molecular formula is C11H25NO. The molecule has 0 rings (SSSR count). The number of nitrogens with one attached hydrogen (secondary N) is 1. The van der Waals surface area contributed by atoms with Gasteiger partial charge in [-0.25, -0.2) is 0 Å². The van der Waals surface area contributed by atoms with Crippen LogP contribution in [0.3, 0.4) is 0 Å². The zero-order valence-electron chi connectivity index (χ0n) is 9.60. The lowest BCUT2D eigenvalue weighted by Crippen LogP contribution is -2.30. The van der Waals surface area contributed by atoms with E-state index in [9.17, 15) is 0 Å². The van der Waals surface area contributed by atoms with Crippen molar-refractivity contribution in [2.75, 3.05) is 13.2 Å². The third-order valence-electron chi connectivity index (χ3n) is 2.05. The van der Waals surface area contributed by atoms with Crippen LogP contribution in [0.2, 0.25) is 0 Å². The monoisotopic (exact) mass is 187 g/mol. The van der Waals surface area contributed by atoms with Crippen molar-refractivity contribution >= 4 is 0 Å². The highest BCUT2D eigenvalue weighted by Gasteiger charge is 2.05. The largest absolute Gasteiger partial charge is 0.379 e. The summed E-state index contributed by atoms with van der Waals surface area (Å²) in [7, 11) is 0. The van der Waals surface area contributed by atoms with Gasteiger partial charge in [0, 0.05) is 12.6 Å². The minimum Gasteiger partial charge on any atom is -0.379 e. The molecule has 13 heavy (non-hydrogen) atoms. The number of rotatable bonds is 8. The van der Waals surface area contributed by atoms with Gasteiger partial charge in [-0.05, 0) is 33.2 Å². The minimum absolute atomic E-state index is 0.365. The van der Waals surface area contributed by atoms with Gasteiger partial charge in [0.1, 0.15) is 0 Å². The second kappa shape index (κ2) is 8.52. The van der Waals surface area contributed by atoms with Gasteiger partial charge in [-0.1, -0.05) is 20.3 Å². The van der Waals surface area contributed by atoms with E-state index in [0.29, 0.717) is 12.1 Å². The zero-order chi connectivity index (χ0) is 10.1. The van der Waals surface area contributed by atoms with E-state index in [-0.39, 0.29) is 0 Å². The molecule has 0 saturated heterocycles. The van der Waals surface area contributed by atoms with Crippen LogP contribution in [0.15, 0.2) is 0 Å². The smallest absolute Gasteiger partial charge is 0.0518 e. The number of ether oxygens (including phenoxy) is 1. The Morgan fingerprint density at radius 3 is 2.31 bits per heavy atom. The fourth-order valence-electron chi connectivity index (χ4n) is 1.43. The van der Waals surface area contributed by atoms with Crippen LogP contribution in [-0.4, -0.2) is 25.3 Å². The van der Waals surface area contributed by atoms with Crippen LogP contribution in [0.1, 0.15) is 47.0 Å². The molecule has 80 valence electrons. The maximum atomic E-state index is 5.52. The Hall–Kier alpha value is -0.0800. The topological polar surface area (TPSA) is 21.3 Å². The lowest BCUT2D eigenvalue weighted by atomic mass is 10.1. The molecule has 0 aromatic heterocycles. The molecule has 1 N–H and O–H groups in total. The molecule has 0 radical (unpaired) electrons. The summed E-state index contributed by atoms with van der Waals surface area (Å²) in [6.45, 7) is 10.5. The average molecular weight is 187 g/mol. The molecule has 0 aliphatic carbocycles. The van der Waals surface area contributed by atoms with Gasteiger partial charge in [-0.3, -0.25) is 0 Å². The molecule has 0 aromatic rings. The van der Waals surface area contributed by atoms with E-state index in [1.165, 1.54) is 12.8 Å². The summed E-state index contributed by atoms with van der Waals surface area (Å²) >= 11 is 0. The summed E-state index contributed by atoms with van der Waals surface area (Å²) in [6.07, 6.45) is 4.01. The first-order chi connectivity index (χ1) is 6.20. The van der Waals surface area contributed by atoms with Crippen LogP contribution in [0.25, 0.3) is 0 Å². The fraction of sp³-hybridized carbons (Fsp3) is 1.00. The van der Waals surface area contributed by atoms with E-state index in [1.807, 2.05) is 0 Å². The Morgan fingerprint density at radius 2 is 1.85 bits per heavy atom. The van der Waals surface area contributed by atoms with Crippen molar-refractivity contribution in [1.82, 2.24) is 5.32 Å². The van der Waals surface area contributed by atoms with Gasteiger partial charge in [0.2, 0.25) is 0 Å². The van der Waals surface area contributed by atoms with E-state index in [2.05, 4.69) is 33.0 Å². The van der Waals surface area contributed by atoms with Crippen molar-refractivity contribution in [2.45, 2.75) is 59.1 Å². The molecule has 0 bridgehead atoms. The molecule has 0 heterocycles. The Bertz CT molecular complexity index is 98.3. The summed E-state index contributed by atoms with van der Waals surface area (Å²) in [5.41, 5.74) is 0. The second-order valence-electron chi connectivity index (χ2n) is 3.75. The fourth-order valence-corrected chi connectivity index (χ4v) is 1.43. The van der Waals surface area contributed by atoms with E-state index in [1.54, 1.807) is 0 Å². The molecule has 1 unspecified atom stereocenters. The van der Waals surface area contributed by atoms with Crippen LogP contribution in [0, 0.1) is 0 Å². The highest BCUT2D eigenvalue weighted by atomic mass is 16.5. The Morgan fingerprint density at radius 1 is 1.15 bits per heavy atom. The van der Waals surface area contributed by atoms with Crippen molar-refractivity contribution in [3.05, 3.63) is 0 Å². The van der Waals surface area contributed by atoms with Crippen LogP contribution in [0.5, 0.6) is 0 Å². The first kappa shape index (κ1) is 12.9. The molecule has 0 fully saturated rings. The molecular weight excluding hydrogens is 162 g/mol. The van der Waals surface area contributed by atoms with Gasteiger partial charge in [-0.15, -0.1) is 0 Å². The molecule has 0 spiro atoms. The maximum absolute atomic E-state index is 5.52. The van der Waals surface area contributed by atoms with Gasteiger partial charge < -0.3 is 10.1 Å². The van der Waals surface area contributed by atoms with Gasteiger partial charge in [0.25, 0.3) is 0 Å². The Labute approximate surface area is 83.1 Å². The predicted octanol–water partition coefficient (Wildman–Crippen LogP) is 2.58. The number of hydrogen-bond donors (Lipinski definition) is 1. The molecule has 0 amide bonds. The third-order valence-corrected chi connectivity index (χ3v) is 2.05. The van der Waals surface area contributed by atoms with Gasteiger partial charge in [0.05, 0.1) is 6.10 Å². The van der Waals surface area contributed by atoms with Gasteiger partial charge in [-0.2, -0.15) is 0 Å². The SMILES string of the molecule is CCCC(CCOC(C)C)NCC. The lowest BCUT2D eigenvalue weighted by Gasteiger charge is -2.17. The summed E-state index contributed by atoms with van der Waals surface area (Å²) in [6, 6.07) is 0.647. The lowest BCUT2D eigenvalue weighted by molar-refractivity contribution is 0.0710. The molecule has 2 nitrogen and oxygen atoms in total. The molecule has 0 aromatic carbocycles. The van der Waals surface area contributed by atoms with Gasteiger partial charge >= 0.3 is 0 Å². The normalized spacial score (nSPS) is 13.6. The van der Waals surface area contributed by atoms with Crippen molar-refractivity contribution in [2.24, 2.45) is 0 Å².